The molecular weight excluding hydrogens is 300 g/mol. The molecule has 0 saturated carbocycles. The smallest absolute Gasteiger partial charge is 0.410 e. The highest BCUT2D eigenvalue weighted by atomic mass is 32.1. The average molecular weight is 326 g/mol. The van der Waals surface area contributed by atoms with E-state index >= 15 is 0 Å². The summed E-state index contributed by atoms with van der Waals surface area (Å²) in [6.07, 6.45) is -0.323. The van der Waals surface area contributed by atoms with Crippen molar-refractivity contribution in [3.63, 3.8) is 0 Å². The molecule has 0 bridgehead atoms. The molecular formula is C15H26N4O2S. The number of thiophene rings is 1. The van der Waals surface area contributed by atoms with Gasteiger partial charge >= 0.3 is 6.09 Å². The van der Waals surface area contributed by atoms with Crippen molar-refractivity contribution in [2.75, 3.05) is 27.2 Å². The maximum atomic E-state index is 11.8. The number of aliphatic imine (C=N–C) groups is 1. The number of hydrogen-bond acceptors (Lipinski definition) is 4. The van der Waals surface area contributed by atoms with Gasteiger partial charge in [0, 0.05) is 32.1 Å². The molecule has 0 aromatic carbocycles. The highest BCUT2D eigenvalue weighted by Crippen LogP contribution is 2.09. The summed E-state index contributed by atoms with van der Waals surface area (Å²) < 4.78 is 5.29. The van der Waals surface area contributed by atoms with E-state index < -0.39 is 5.60 Å². The van der Waals surface area contributed by atoms with Gasteiger partial charge in [-0.3, -0.25) is 4.99 Å². The van der Waals surface area contributed by atoms with E-state index in [-0.39, 0.29) is 6.09 Å². The maximum absolute atomic E-state index is 11.8. The van der Waals surface area contributed by atoms with Gasteiger partial charge in [-0.15, -0.1) is 11.3 Å². The average Bonchev–Trinajstić information content (AvgIpc) is 2.93. The first-order chi connectivity index (χ1) is 10.3. The van der Waals surface area contributed by atoms with E-state index in [1.807, 2.05) is 32.2 Å². The van der Waals surface area contributed by atoms with Gasteiger partial charge in [0.25, 0.3) is 0 Å². The molecule has 1 amide bonds. The monoisotopic (exact) mass is 326 g/mol. The topological polar surface area (TPSA) is 66.0 Å². The van der Waals surface area contributed by atoms with Crippen molar-refractivity contribution in [2.45, 2.75) is 32.9 Å². The first-order valence-electron chi connectivity index (χ1n) is 7.23. The summed E-state index contributed by atoms with van der Waals surface area (Å²) >= 11 is 1.70. The summed E-state index contributed by atoms with van der Waals surface area (Å²) in [6, 6.07) is 4.09. The van der Waals surface area contributed by atoms with Crippen molar-refractivity contribution in [3.05, 3.63) is 22.4 Å². The molecule has 124 valence electrons. The fraction of sp³-hybridized carbons (Fsp3) is 0.600. The molecule has 0 saturated heterocycles. The lowest BCUT2D eigenvalue weighted by Gasteiger charge is -2.24. The zero-order valence-electron chi connectivity index (χ0n) is 14.0. The largest absolute Gasteiger partial charge is 0.444 e. The predicted molar refractivity (Wildman–Crippen MR) is 91.4 cm³/mol. The highest BCUT2D eigenvalue weighted by Gasteiger charge is 2.19. The molecule has 1 rings (SSSR count). The molecule has 1 heterocycles. The van der Waals surface area contributed by atoms with Crippen LogP contribution in [0.5, 0.6) is 0 Å². The lowest BCUT2D eigenvalue weighted by atomic mass is 10.2. The molecule has 0 aliphatic rings. The third kappa shape index (κ3) is 7.31. The van der Waals surface area contributed by atoms with Crippen LogP contribution in [0.25, 0.3) is 0 Å². The number of ether oxygens (including phenoxy) is 1. The molecule has 0 aliphatic heterocycles. The van der Waals surface area contributed by atoms with Crippen molar-refractivity contribution in [3.8, 4) is 0 Å². The zero-order valence-corrected chi connectivity index (χ0v) is 14.8. The normalized spacial score (nSPS) is 12.0. The van der Waals surface area contributed by atoms with Gasteiger partial charge in [-0.1, -0.05) is 6.07 Å². The summed E-state index contributed by atoms with van der Waals surface area (Å²) in [6.45, 7) is 7.43. The minimum Gasteiger partial charge on any atom is -0.444 e. The Hall–Kier alpha value is -1.76. The van der Waals surface area contributed by atoms with Crippen LogP contribution in [0.15, 0.2) is 22.5 Å². The zero-order chi connectivity index (χ0) is 16.6. The van der Waals surface area contributed by atoms with Crippen LogP contribution in [0.3, 0.4) is 0 Å². The number of guanidine groups is 1. The second kappa shape index (κ2) is 8.63. The summed E-state index contributed by atoms with van der Waals surface area (Å²) in [5.74, 6) is 0.714. The van der Waals surface area contributed by atoms with Crippen LogP contribution in [-0.2, 0) is 11.3 Å². The van der Waals surface area contributed by atoms with E-state index in [1.165, 1.54) is 4.88 Å². The first kappa shape index (κ1) is 18.3. The number of likely N-dealkylation sites (N-methyl/N-ethyl adjacent to an activating group) is 1. The van der Waals surface area contributed by atoms with Crippen LogP contribution in [0.1, 0.15) is 25.6 Å². The van der Waals surface area contributed by atoms with E-state index in [1.54, 1.807) is 30.3 Å². The number of rotatable bonds is 5. The van der Waals surface area contributed by atoms with Gasteiger partial charge in [-0.05, 0) is 32.2 Å². The number of carbonyl (C=O) groups excluding carboxylic acids is 1. The van der Waals surface area contributed by atoms with Crippen LogP contribution >= 0.6 is 11.3 Å². The third-order valence-electron chi connectivity index (χ3n) is 2.68. The van der Waals surface area contributed by atoms with E-state index in [2.05, 4.69) is 21.7 Å². The Morgan fingerprint density at radius 2 is 2.14 bits per heavy atom. The highest BCUT2D eigenvalue weighted by molar-refractivity contribution is 7.09. The summed E-state index contributed by atoms with van der Waals surface area (Å²) in [4.78, 5) is 18.8. The molecule has 7 heteroatoms. The van der Waals surface area contributed by atoms with E-state index in [0.29, 0.717) is 19.0 Å². The van der Waals surface area contributed by atoms with Gasteiger partial charge in [-0.2, -0.15) is 0 Å². The second-order valence-electron chi connectivity index (χ2n) is 5.83. The SMILES string of the molecule is CN=C(NCCN(C)C(=O)OC(C)(C)C)NCc1cccs1. The van der Waals surface area contributed by atoms with Gasteiger partial charge in [0.2, 0.25) is 0 Å². The van der Waals surface area contributed by atoms with E-state index in [4.69, 9.17) is 4.74 Å². The van der Waals surface area contributed by atoms with E-state index in [0.717, 1.165) is 6.54 Å². The van der Waals surface area contributed by atoms with Gasteiger partial charge in [0.15, 0.2) is 5.96 Å². The van der Waals surface area contributed by atoms with Gasteiger partial charge < -0.3 is 20.3 Å². The predicted octanol–water partition coefficient (Wildman–Crippen LogP) is 2.28. The van der Waals surface area contributed by atoms with Crippen LogP contribution < -0.4 is 10.6 Å². The van der Waals surface area contributed by atoms with Gasteiger partial charge in [-0.25, -0.2) is 4.79 Å². The van der Waals surface area contributed by atoms with Crippen LogP contribution in [0.4, 0.5) is 4.79 Å². The Labute approximate surface area is 136 Å². The number of hydrogen-bond donors (Lipinski definition) is 2. The quantitative estimate of drug-likeness (QED) is 0.643. The molecule has 6 nitrogen and oxygen atoms in total. The standard InChI is InChI=1S/C15H26N4O2S/c1-15(2,3)21-14(20)19(5)9-8-17-13(16-4)18-11-12-7-6-10-22-12/h6-7,10H,8-9,11H2,1-5H3,(H2,16,17,18). The maximum Gasteiger partial charge on any atom is 0.410 e. The van der Waals surface area contributed by atoms with Crippen LogP contribution in [0, 0.1) is 0 Å². The van der Waals surface area contributed by atoms with Crippen molar-refractivity contribution < 1.29 is 9.53 Å². The van der Waals surface area contributed by atoms with Gasteiger partial charge in [0.1, 0.15) is 5.60 Å². The molecule has 0 aliphatic carbocycles. The Morgan fingerprint density at radius 1 is 1.41 bits per heavy atom. The molecule has 1 aromatic heterocycles. The van der Waals surface area contributed by atoms with Gasteiger partial charge in [0.05, 0.1) is 6.54 Å². The van der Waals surface area contributed by atoms with E-state index in [9.17, 15) is 4.79 Å². The fourth-order valence-corrected chi connectivity index (χ4v) is 2.22. The Balaban J connectivity index is 2.27. The molecule has 0 radical (unpaired) electrons. The minimum atomic E-state index is -0.475. The molecule has 1 aromatic rings. The molecule has 2 N–H and O–H groups in total. The van der Waals surface area contributed by atoms with Crippen molar-refractivity contribution in [1.82, 2.24) is 15.5 Å². The molecule has 0 fully saturated rings. The fourth-order valence-electron chi connectivity index (χ4n) is 1.58. The lowest BCUT2D eigenvalue weighted by Crippen LogP contribution is -2.42. The minimum absolute atomic E-state index is 0.323. The summed E-state index contributed by atoms with van der Waals surface area (Å²) in [5, 5.41) is 8.45. The summed E-state index contributed by atoms with van der Waals surface area (Å²) in [5.41, 5.74) is -0.475. The Morgan fingerprint density at radius 3 is 2.68 bits per heavy atom. The third-order valence-corrected chi connectivity index (χ3v) is 3.55. The number of nitrogens with one attached hydrogen (secondary N) is 2. The molecule has 22 heavy (non-hydrogen) atoms. The van der Waals surface area contributed by atoms with Crippen LogP contribution in [-0.4, -0.2) is 49.7 Å². The van der Waals surface area contributed by atoms with Crippen LogP contribution in [0.2, 0.25) is 0 Å². The number of carbonyl (C=O) groups is 1. The molecule has 0 unspecified atom stereocenters. The number of nitrogens with zero attached hydrogens (tertiary/aromatic N) is 2. The molecule has 0 atom stereocenters. The van der Waals surface area contributed by atoms with Crippen molar-refractivity contribution in [2.24, 2.45) is 4.99 Å². The second-order valence-corrected chi connectivity index (χ2v) is 6.87. The Bertz CT molecular complexity index is 480. The number of amides is 1. The van der Waals surface area contributed by atoms with Crippen molar-refractivity contribution in [1.29, 1.82) is 0 Å². The summed E-state index contributed by atoms with van der Waals surface area (Å²) in [7, 11) is 3.44. The first-order valence-corrected chi connectivity index (χ1v) is 8.11. The van der Waals surface area contributed by atoms with Crippen molar-refractivity contribution >= 4 is 23.4 Å². The molecule has 0 spiro atoms. The Kier molecular flexibility index (Phi) is 7.17. The lowest BCUT2D eigenvalue weighted by molar-refractivity contribution is 0.0302.